The molecule has 31 heavy (non-hydrogen) atoms. The van der Waals surface area contributed by atoms with Crippen molar-refractivity contribution in [1.29, 1.82) is 0 Å². The molecule has 164 valence electrons. The monoisotopic (exact) mass is 423 g/mol. The van der Waals surface area contributed by atoms with Gasteiger partial charge in [-0.05, 0) is 62.7 Å². The Balaban J connectivity index is 1.29. The molecule has 2 aliphatic rings. The summed E-state index contributed by atoms with van der Waals surface area (Å²) < 4.78 is 21.9. The van der Waals surface area contributed by atoms with Crippen molar-refractivity contribution in [3.8, 4) is 22.8 Å². The van der Waals surface area contributed by atoms with E-state index < -0.39 is 0 Å². The lowest BCUT2D eigenvalue weighted by Gasteiger charge is -2.24. The molecule has 1 aromatic carbocycles. The van der Waals surface area contributed by atoms with Gasteiger partial charge in [-0.15, -0.1) is 0 Å². The highest BCUT2D eigenvalue weighted by Crippen LogP contribution is 2.33. The van der Waals surface area contributed by atoms with Crippen LogP contribution >= 0.6 is 0 Å². The van der Waals surface area contributed by atoms with Crippen LogP contribution in [0.3, 0.4) is 0 Å². The lowest BCUT2D eigenvalue weighted by atomic mass is 10.1. The molecule has 2 aliphatic heterocycles. The standard InChI is InChI=1S/C24H29N3O4/c1-2-4-10-26(9-3-1)11-5-12-27(16-19-6-7-22-23(14-19)30-18-29-22)24-15-21(25-31-24)20-8-13-28-17-20/h6-8,13-15,17H,1-5,9-12,16,18H2. The molecule has 0 unspecified atom stereocenters. The molecular weight excluding hydrogens is 394 g/mol. The number of hydrogen-bond donors (Lipinski definition) is 0. The van der Waals surface area contributed by atoms with Crippen molar-refractivity contribution >= 4 is 5.88 Å². The number of furan rings is 1. The second kappa shape index (κ2) is 9.47. The van der Waals surface area contributed by atoms with Crippen LogP contribution in [0, 0.1) is 0 Å². The number of hydrogen-bond acceptors (Lipinski definition) is 7. The largest absolute Gasteiger partial charge is 0.472 e. The van der Waals surface area contributed by atoms with Crippen molar-refractivity contribution in [2.45, 2.75) is 38.6 Å². The van der Waals surface area contributed by atoms with Crippen molar-refractivity contribution < 1.29 is 18.4 Å². The number of aromatic nitrogens is 1. The van der Waals surface area contributed by atoms with E-state index in [0.29, 0.717) is 0 Å². The zero-order valence-electron chi connectivity index (χ0n) is 17.8. The molecule has 0 radical (unpaired) electrons. The van der Waals surface area contributed by atoms with E-state index in [0.717, 1.165) is 60.3 Å². The average molecular weight is 424 g/mol. The fraction of sp³-hybridized carbons (Fsp3) is 0.458. The maximum atomic E-state index is 5.74. The second-order valence-corrected chi connectivity index (χ2v) is 8.28. The van der Waals surface area contributed by atoms with Gasteiger partial charge >= 0.3 is 0 Å². The van der Waals surface area contributed by atoms with Crippen LogP contribution in [0.1, 0.15) is 37.7 Å². The summed E-state index contributed by atoms with van der Waals surface area (Å²) in [5, 5.41) is 4.26. The third-order valence-electron chi connectivity index (χ3n) is 6.04. The van der Waals surface area contributed by atoms with Gasteiger partial charge in [0.15, 0.2) is 11.5 Å². The van der Waals surface area contributed by atoms with Crippen LogP contribution in [0.25, 0.3) is 11.3 Å². The average Bonchev–Trinajstić information content (AvgIpc) is 3.53. The maximum absolute atomic E-state index is 5.74. The first kappa shape index (κ1) is 20.0. The van der Waals surface area contributed by atoms with E-state index in [4.69, 9.17) is 18.4 Å². The molecular formula is C24H29N3O4. The van der Waals surface area contributed by atoms with Gasteiger partial charge in [0.25, 0.3) is 0 Å². The number of rotatable bonds is 8. The van der Waals surface area contributed by atoms with Gasteiger partial charge < -0.3 is 28.2 Å². The van der Waals surface area contributed by atoms with Gasteiger partial charge in [0, 0.05) is 24.7 Å². The van der Waals surface area contributed by atoms with Crippen LogP contribution in [-0.2, 0) is 6.54 Å². The zero-order chi connectivity index (χ0) is 20.9. The van der Waals surface area contributed by atoms with Crippen LogP contribution in [-0.4, -0.2) is 43.0 Å². The van der Waals surface area contributed by atoms with E-state index in [1.807, 2.05) is 18.2 Å². The van der Waals surface area contributed by atoms with Crippen LogP contribution in [0.4, 0.5) is 5.88 Å². The third-order valence-corrected chi connectivity index (χ3v) is 6.04. The topological polar surface area (TPSA) is 64.1 Å². The summed E-state index contributed by atoms with van der Waals surface area (Å²) >= 11 is 0. The molecule has 2 aromatic heterocycles. The summed E-state index contributed by atoms with van der Waals surface area (Å²) in [4.78, 5) is 4.86. The summed E-state index contributed by atoms with van der Waals surface area (Å²) in [6.45, 7) is 5.45. The minimum absolute atomic E-state index is 0.286. The maximum Gasteiger partial charge on any atom is 0.231 e. The summed E-state index contributed by atoms with van der Waals surface area (Å²) in [5.74, 6) is 2.38. The van der Waals surface area contributed by atoms with Crippen molar-refractivity contribution in [1.82, 2.24) is 10.1 Å². The molecule has 0 saturated carbocycles. The molecule has 0 aliphatic carbocycles. The molecule has 4 heterocycles. The molecule has 0 amide bonds. The first-order valence-corrected chi connectivity index (χ1v) is 11.2. The van der Waals surface area contributed by atoms with Gasteiger partial charge in [0.2, 0.25) is 12.7 Å². The van der Waals surface area contributed by atoms with E-state index in [2.05, 4.69) is 27.1 Å². The first-order valence-electron chi connectivity index (χ1n) is 11.2. The summed E-state index contributed by atoms with van der Waals surface area (Å²) in [6.07, 6.45) is 9.77. The molecule has 0 atom stereocenters. The Kier molecular flexibility index (Phi) is 6.11. The Hall–Kier alpha value is -2.93. The predicted molar refractivity (Wildman–Crippen MR) is 117 cm³/mol. The summed E-state index contributed by atoms with van der Waals surface area (Å²) in [5.41, 5.74) is 2.86. The van der Waals surface area contributed by atoms with Gasteiger partial charge in [0.1, 0.15) is 5.69 Å². The van der Waals surface area contributed by atoms with Crippen molar-refractivity contribution in [2.24, 2.45) is 0 Å². The van der Waals surface area contributed by atoms with Crippen molar-refractivity contribution in [3.63, 3.8) is 0 Å². The van der Waals surface area contributed by atoms with Gasteiger partial charge in [-0.3, -0.25) is 0 Å². The highest BCUT2D eigenvalue weighted by Gasteiger charge is 2.19. The highest BCUT2D eigenvalue weighted by atomic mass is 16.7. The highest BCUT2D eigenvalue weighted by molar-refractivity contribution is 5.60. The molecule has 7 heteroatoms. The Labute approximate surface area is 182 Å². The smallest absolute Gasteiger partial charge is 0.231 e. The molecule has 0 spiro atoms. The molecule has 5 rings (SSSR count). The minimum Gasteiger partial charge on any atom is -0.472 e. The number of likely N-dealkylation sites (tertiary alicyclic amines) is 1. The predicted octanol–water partition coefficient (Wildman–Crippen LogP) is 4.94. The van der Waals surface area contributed by atoms with Gasteiger partial charge in [-0.25, -0.2) is 0 Å². The number of ether oxygens (including phenoxy) is 2. The lowest BCUT2D eigenvalue weighted by molar-refractivity contribution is 0.174. The third kappa shape index (κ3) is 4.88. The fourth-order valence-electron chi connectivity index (χ4n) is 4.33. The number of fused-ring (bicyclic) bond motifs is 1. The van der Waals surface area contributed by atoms with Crippen LogP contribution in [0.2, 0.25) is 0 Å². The molecule has 1 saturated heterocycles. The Morgan fingerprint density at radius 1 is 0.968 bits per heavy atom. The van der Waals surface area contributed by atoms with E-state index in [1.54, 1.807) is 12.5 Å². The zero-order valence-corrected chi connectivity index (χ0v) is 17.8. The number of anilines is 1. The Morgan fingerprint density at radius 3 is 2.68 bits per heavy atom. The van der Waals surface area contributed by atoms with Crippen molar-refractivity contribution in [3.05, 3.63) is 48.4 Å². The van der Waals surface area contributed by atoms with Gasteiger partial charge in [-0.1, -0.05) is 24.1 Å². The summed E-state index contributed by atoms with van der Waals surface area (Å²) in [7, 11) is 0. The fourth-order valence-corrected chi connectivity index (χ4v) is 4.33. The van der Waals surface area contributed by atoms with E-state index >= 15 is 0 Å². The van der Waals surface area contributed by atoms with Crippen LogP contribution < -0.4 is 14.4 Å². The Morgan fingerprint density at radius 2 is 1.84 bits per heavy atom. The molecule has 0 bridgehead atoms. The minimum atomic E-state index is 0.286. The SMILES string of the molecule is c1cc(-c2cc(N(CCCN3CCCCCC3)Cc3ccc4c(c3)OCO4)on2)co1. The van der Waals surface area contributed by atoms with E-state index in [-0.39, 0.29) is 6.79 Å². The summed E-state index contributed by atoms with van der Waals surface area (Å²) in [6, 6.07) is 10.00. The molecule has 3 aromatic rings. The number of nitrogens with zero attached hydrogens (tertiary/aromatic N) is 3. The second-order valence-electron chi connectivity index (χ2n) is 8.28. The first-order chi connectivity index (χ1) is 15.3. The number of benzene rings is 1. The van der Waals surface area contributed by atoms with E-state index in [9.17, 15) is 0 Å². The quantitative estimate of drug-likeness (QED) is 0.509. The van der Waals surface area contributed by atoms with Crippen molar-refractivity contribution in [2.75, 3.05) is 37.9 Å². The van der Waals surface area contributed by atoms with Gasteiger partial charge in [-0.2, -0.15) is 0 Å². The van der Waals surface area contributed by atoms with E-state index in [1.165, 1.54) is 38.8 Å². The van der Waals surface area contributed by atoms with Gasteiger partial charge in [0.05, 0.1) is 12.5 Å². The lowest BCUT2D eigenvalue weighted by Crippen LogP contribution is -2.30. The molecule has 0 N–H and O–H groups in total. The molecule has 7 nitrogen and oxygen atoms in total. The molecule has 1 fully saturated rings. The Bertz CT molecular complexity index is 961. The normalized spacial score (nSPS) is 16.4. The van der Waals surface area contributed by atoms with Crippen LogP contribution in [0.15, 0.2) is 51.8 Å². The van der Waals surface area contributed by atoms with Crippen LogP contribution in [0.5, 0.6) is 11.5 Å².